The largest absolute Gasteiger partial charge is 0.309 e. The maximum atomic E-state index is 14.0. The smallest absolute Gasteiger partial charge is 0.229 e. The molecule has 2 aromatic carbocycles. The van der Waals surface area contributed by atoms with Crippen molar-refractivity contribution >= 4 is 50.5 Å². The average Bonchev–Trinajstić information content (AvgIpc) is 2.58. The zero-order valence-electron chi connectivity index (χ0n) is 15.4. The molecule has 2 aromatic rings. The molecule has 0 spiro atoms. The summed E-state index contributed by atoms with van der Waals surface area (Å²) in [6, 6.07) is 6.19. The fourth-order valence-corrected chi connectivity index (χ4v) is 4.63. The van der Waals surface area contributed by atoms with Gasteiger partial charge in [-0.15, -0.1) is 0 Å². The van der Waals surface area contributed by atoms with Gasteiger partial charge < -0.3 is 4.90 Å². The highest BCUT2D eigenvalue weighted by Crippen LogP contribution is 2.39. The molecule has 1 aliphatic heterocycles. The quantitative estimate of drug-likeness (QED) is 0.704. The third kappa shape index (κ3) is 5.38. The Balaban J connectivity index is 1.84. The number of amides is 1. The van der Waals surface area contributed by atoms with Crippen LogP contribution < -0.4 is 9.62 Å². The standard InChI is InChI=1S/C19H18Cl2F2N2O3S/c1-29(27,28)24-14-8-15(20)19(16(21)9-14)25-10-11(2-5-18(25)26)6-12-3-4-13(22)7-17(12)23/h3-4,7-9,11,24H,2,5-6,10H2,1H3. The predicted molar refractivity (Wildman–Crippen MR) is 110 cm³/mol. The number of halogens is 4. The van der Waals surface area contributed by atoms with Crippen molar-refractivity contribution in [2.45, 2.75) is 19.3 Å². The van der Waals surface area contributed by atoms with Gasteiger partial charge in [-0.2, -0.15) is 0 Å². The number of sulfonamides is 1. The highest BCUT2D eigenvalue weighted by atomic mass is 35.5. The molecule has 3 rings (SSSR count). The first-order chi connectivity index (χ1) is 13.5. The molecule has 1 N–H and O–H groups in total. The fraction of sp³-hybridized carbons (Fsp3) is 0.316. The first-order valence-corrected chi connectivity index (χ1v) is 11.4. The van der Waals surface area contributed by atoms with Crippen molar-refractivity contribution in [2.75, 3.05) is 22.4 Å². The van der Waals surface area contributed by atoms with Gasteiger partial charge >= 0.3 is 0 Å². The van der Waals surface area contributed by atoms with E-state index in [2.05, 4.69) is 4.72 Å². The zero-order chi connectivity index (χ0) is 21.3. The molecule has 0 bridgehead atoms. The number of nitrogens with zero attached hydrogens (tertiary/aromatic N) is 1. The number of carbonyl (C=O) groups excluding carboxylic acids is 1. The lowest BCUT2D eigenvalue weighted by Gasteiger charge is -2.34. The number of carbonyl (C=O) groups is 1. The molecule has 1 atom stereocenters. The van der Waals surface area contributed by atoms with Crippen molar-refractivity contribution in [3.05, 3.63) is 57.6 Å². The number of rotatable bonds is 5. The molecule has 10 heteroatoms. The Bertz CT molecular complexity index is 1040. The van der Waals surface area contributed by atoms with Crippen LogP contribution in [0.1, 0.15) is 18.4 Å². The van der Waals surface area contributed by atoms with E-state index < -0.39 is 21.7 Å². The van der Waals surface area contributed by atoms with Crippen LogP contribution in [-0.4, -0.2) is 27.1 Å². The minimum Gasteiger partial charge on any atom is -0.309 e. The van der Waals surface area contributed by atoms with E-state index in [4.69, 9.17) is 23.2 Å². The Labute approximate surface area is 177 Å². The lowest BCUT2D eigenvalue weighted by molar-refractivity contribution is -0.120. The van der Waals surface area contributed by atoms with Crippen molar-refractivity contribution < 1.29 is 22.0 Å². The molecule has 5 nitrogen and oxygen atoms in total. The Morgan fingerprint density at radius 3 is 2.41 bits per heavy atom. The first kappa shape index (κ1) is 21.8. The minimum absolute atomic E-state index is 0.0754. The first-order valence-electron chi connectivity index (χ1n) is 8.74. The van der Waals surface area contributed by atoms with Gasteiger partial charge in [-0.1, -0.05) is 29.3 Å². The monoisotopic (exact) mass is 462 g/mol. The molecule has 1 heterocycles. The zero-order valence-corrected chi connectivity index (χ0v) is 17.7. The second kappa shape index (κ2) is 8.45. The van der Waals surface area contributed by atoms with Gasteiger partial charge in [-0.3, -0.25) is 9.52 Å². The van der Waals surface area contributed by atoms with Gasteiger partial charge in [0.2, 0.25) is 15.9 Å². The fourth-order valence-electron chi connectivity index (χ4n) is 3.39. The van der Waals surface area contributed by atoms with Gasteiger partial charge in [0.15, 0.2) is 0 Å². The predicted octanol–water partition coefficient (Wildman–Crippen LogP) is 4.63. The minimum atomic E-state index is -3.52. The van der Waals surface area contributed by atoms with Crippen molar-refractivity contribution in [3.8, 4) is 0 Å². The van der Waals surface area contributed by atoms with Crippen molar-refractivity contribution in [1.29, 1.82) is 0 Å². The number of nitrogens with one attached hydrogen (secondary N) is 1. The molecule has 0 radical (unpaired) electrons. The lowest BCUT2D eigenvalue weighted by Crippen LogP contribution is -2.41. The Kier molecular flexibility index (Phi) is 6.36. The normalized spacial score (nSPS) is 17.5. The number of hydrogen-bond acceptors (Lipinski definition) is 3. The van der Waals surface area contributed by atoms with Crippen molar-refractivity contribution in [3.63, 3.8) is 0 Å². The third-order valence-electron chi connectivity index (χ3n) is 4.62. The van der Waals surface area contributed by atoms with E-state index in [9.17, 15) is 22.0 Å². The van der Waals surface area contributed by atoms with Crippen LogP contribution in [0.25, 0.3) is 0 Å². The third-order valence-corrected chi connectivity index (χ3v) is 5.80. The SMILES string of the molecule is CS(=O)(=O)Nc1cc(Cl)c(N2CC(Cc3ccc(F)cc3F)CCC2=O)c(Cl)c1. The van der Waals surface area contributed by atoms with Crippen molar-refractivity contribution in [1.82, 2.24) is 0 Å². The Hall–Kier alpha value is -1.90. The molecule has 1 unspecified atom stereocenters. The van der Waals surface area contributed by atoms with Crippen LogP contribution in [0.5, 0.6) is 0 Å². The average molecular weight is 463 g/mol. The molecule has 1 fully saturated rings. The molecule has 1 amide bonds. The Morgan fingerprint density at radius 2 is 1.83 bits per heavy atom. The molecule has 29 heavy (non-hydrogen) atoms. The molecular formula is C19H18Cl2F2N2O3S. The highest BCUT2D eigenvalue weighted by Gasteiger charge is 2.30. The summed E-state index contributed by atoms with van der Waals surface area (Å²) in [7, 11) is -3.52. The number of hydrogen-bond donors (Lipinski definition) is 1. The Morgan fingerprint density at radius 1 is 1.17 bits per heavy atom. The van der Waals surface area contributed by atoms with Crippen LogP contribution in [0.3, 0.4) is 0 Å². The summed E-state index contributed by atoms with van der Waals surface area (Å²) >= 11 is 12.6. The van der Waals surface area contributed by atoms with E-state index >= 15 is 0 Å². The molecule has 0 saturated carbocycles. The van der Waals surface area contributed by atoms with Crippen LogP contribution in [0.4, 0.5) is 20.2 Å². The summed E-state index contributed by atoms with van der Waals surface area (Å²) in [5, 5.41) is 0.233. The van der Waals surface area contributed by atoms with Gasteiger partial charge in [0.1, 0.15) is 11.6 Å². The second-order valence-electron chi connectivity index (χ2n) is 7.01. The van der Waals surface area contributed by atoms with E-state index in [1.54, 1.807) is 0 Å². The van der Waals surface area contributed by atoms with Crippen LogP contribution in [0, 0.1) is 17.6 Å². The van der Waals surface area contributed by atoms with Crippen LogP contribution in [0.2, 0.25) is 10.0 Å². The molecule has 1 saturated heterocycles. The second-order valence-corrected chi connectivity index (χ2v) is 9.57. The topological polar surface area (TPSA) is 66.5 Å². The maximum absolute atomic E-state index is 14.0. The lowest BCUT2D eigenvalue weighted by atomic mass is 9.90. The van der Waals surface area contributed by atoms with Gasteiger partial charge in [-0.05, 0) is 42.5 Å². The molecular weight excluding hydrogens is 445 g/mol. The van der Waals surface area contributed by atoms with E-state index in [1.165, 1.54) is 29.2 Å². The highest BCUT2D eigenvalue weighted by molar-refractivity contribution is 7.92. The molecule has 0 aliphatic carbocycles. The van der Waals surface area contributed by atoms with E-state index in [0.29, 0.717) is 18.4 Å². The van der Waals surface area contributed by atoms with Crippen LogP contribution >= 0.6 is 23.2 Å². The molecule has 0 aromatic heterocycles. The number of benzene rings is 2. The summed E-state index contributed by atoms with van der Waals surface area (Å²) in [4.78, 5) is 13.9. The van der Waals surface area contributed by atoms with E-state index in [0.717, 1.165) is 12.3 Å². The van der Waals surface area contributed by atoms with Crippen molar-refractivity contribution in [2.24, 2.45) is 5.92 Å². The van der Waals surface area contributed by atoms with Crippen LogP contribution in [-0.2, 0) is 21.2 Å². The van der Waals surface area contributed by atoms with Gasteiger partial charge in [0.05, 0.1) is 27.7 Å². The van der Waals surface area contributed by atoms with Crippen LogP contribution in [0.15, 0.2) is 30.3 Å². The summed E-state index contributed by atoms with van der Waals surface area (Å²) in [6.45, 7) is 0.258. The maximum Gasteiger partial charge on any atom is 0.229 e. The summed E-state index contributed by atoms with van der Waals surface area (Å²) in [5.74, 6) is -1.53. The number of piperidine rings is 1. The van der Waals surface area contributed by atoms with Gasteiger partial charge in [0, 0.05) is 19.0 Å². The molecule has 1 aliphatic rings. The summed E-state index contributed by atoms with van der Waals surface area (Å²) in [6.07, 6.45) is 2.10. The summed E-state index contributed by atoms with van der Waals surface area (Å²) in [5.41, 5.74) is 0.831. The van der Waals surface area contributed by atoms with Gasteiger partial charge in [0.25, 0.3) is 0 Å². The number of anilines is 2. The van der Waals surface area contributed by atoms with Gasteiger partial charge in [-0.25, -0.2) is 17.2 Å². The van der Waals surface area contributed by atoms with E-state index in [1.807, 2.05) is 0 Å². The molecule has 156 valence electrons. The summed E-state index contributed by atoms with van der Waals surface area (Å²) < 4.78 is 52.2. The van der Waals surface area contributed by atoms with E-state index in [-0.39, 0.29) is 46.2 Å².